The Balaban J connectivity index is 1.43. The Labute approximate surface area is 327 Å². The van der Waals surface area contributed by atoms with E-state index >= 15 is 0 Å². The molecule has 0 spiro atoms. The molecule has 12 nitrogen and oxygen atoms in total. The Morgan fingerprint density at radius 1 is 0.906 bits per heavy atom. The van der Waals surface area contributed by atoms with Crippen LogP contribution in [0.2, 0.25) is 0 Å². The number of amides is 1. The van der Waals surface area contributed by atoms with Gasteiger partial charge in [0, 0.05) is 19.6 Å². The maximum absolute atomic E-state index is 12.9. The number of aromatic nitrogens is 3. The van der Waals surface area contributed by atoms with Gasteiger partial charge < -0.3 is 28.9 Å². The molecule has 3 aromatic rings. The Morgan fingerprint density at radius 2 is 1.53 bits per heavy atom. The highest BCUT2D eigenvalue weighted by molar-refractivity contribution is 7.52. The Morgan fingerprint density at radius 3 is 2.15 bits per heavy atom. The summed E-state index contributed by atoms with van der Waals surface area (Å²) < 4.78 is 28.6. The fraction of sp³-hybridized carbons (Fsp3) is 0.568. The lowest BCUT2D eigenvalue weighted by molar-refractivity contribution is -0.149. The van der Waals surface area contributed by atoms with E-state index in [1.807, 2.05) is 54.6 Å². The van der Waals surface area contributed by atoms with E-state index in [1.54, 1.807) is 10.9 Å². The lowest BCUT2D eigenvalue weighted by Gasteiger charge is -2.24. The summed E-state index contributed by atoms with van der Waals surface area (Å²) in [7, 11) is -4.41. The van der Waals surface area contributed by atoms with Crippen LogP contribution in [0.25, 0.3) is 11.1 Å². The third kappa shape index (κ3) is 18.9. The second kappa shape index (κ2) is 23.9. The van der Waals surface area contributed by atoms with Gasteiger partial charge in [0.1, 0.15) is 12.3 Å². The number of nitrogens with zero attached hydrogens (tertiary/aromatic N) is 4. The summed E-state index contributed by atoms with van der Waals surface area (Å²) in [6, 6.07) is 17.4. The molecule has 3 rings (SSSR count). The predicted octanol–water partition coefficient (Wildman–Crippen LogP) is 9.44. The second-order valence-corrected chi connectivity index (χ2v) is 17.4. The van der Waals surface area contributed by atoms with Crippen molar-refractivity contribution in [1.29, 1.82) is 0 Å². The van der Waals surface area contributed by atoms with E-state index in [-0.39, 0.29) is 32.7 Å². The first-order valence-corrected chi connectivity index (χ1v) is 21.1. The van der Waals surface area contributed by atoms with Crippen molar-refractivity contribution in [1.82, 2.24) is 19.9 Å². The molecule has 1 amide bonds. The maximum Gasteiger partial charge on any atom is 0.410 e. The lowest BCUT2D eigenvalue weighted by Crippen LogP contribution is -2.34. The van der Waals surface area contributed by atoms with E-state index in [0.717, 1.165) is 29.5 Å². The number of carboxylic acid groups (broad SMARTS) is 1. The highest BCUT2D eigenvalue weighted by Crippen LogP contribution is 2.43. The summed E-state index contributed by atoms with van der Waals surface area (Å²) in [5, 5.41) is 17.8. The molecular formula is C37H52Cl3N4O8P. The molecule has 0 aliphatic rings. The van der Waals surface area contributed by atoms with E-state index in [0.29, 0.717) is 12.2 Å². The minimum Gasteiger partial charge on any atom is -0.479 e. The fourth-order valence-electron chi connectivity index (χ4n) is 5.51. The van der Waals surface area contributed by atoms with Gasteiger partial charge in [-0.2, -0.15) is 0 Å². The van der Waals surface area contributed by atoms with Gasteiger partial charge in [0.05, 0.1) is 25.6 Å². The zero-order valence-electron chi connectivity index (χ0n) is 30.3. The standard InChI is InChI=1S/C37H52Cl3N4O8P/c1-2-3-4-5-6-7-8-9-10-14-23-44-26-33(41-42-44)27-50-34(35(45)46)28-53(48,49)52-24-15-22-43(36(47)51-29-37(38,39)40)25-30-18-20-32(21-19-30)31-16-12-11-13-17-31/h11-13,16-21,26,34H,2-10,14-15,22-25,27-29H2,1H3,(H,45,46)(H,48,49)/t34-/m1/s1. The molecule has 1 heterocycles. The molecule has 0 fully saturated rings. The van der Waals surface area contributed by atoms with E-state index in [2.05, 4.69) is 17.2 Å². The normalized spacial score (nSPS) is 13.4. The number of halogens is 3. The molecular weight excluding hydrogens is 766 g/mol. The summed E-state index contributed by atoms with van der Waals surface area (Å²) in [4.78, 5) is 36.6. The second-order valence-electron chi connectivity index (χ2n) is 13.0. The summed E-state index contributed by atoms with van der Waals surface area (Å²) in [6.07, 6.45) is 10.9. The number of carbonyl (C=O) groups is 2. The molecule has 1 unspecified atom stereocenters. The van der Waals surface area contributed by atoms with Gasteiger partial charge in [-0.25, -0.2) is 9.59 Å². The molecule has 0 saturated carbocycles. The largest absolute Gasteiger partial charge is 0.479 e. The van der Waals surface area contributed by atoms with Gasteiger partial charge in [0.25, 0.3) is 0 Å². The minimum atomic E-state index is -4.41. The number of aliphatic carboxylic acids is 1. The van der Waals surface area contributed by atoms with Crippen LogP contribution < -0.4 is 0 Å². The highest BCUT2D eigenvalue weighted by Gasteiger charge is 2.31. The summed E-state index contributed by atoms with van der Waals surface area (Å²) in [6.45, 7) is 2.18. The average molecular weight is 818 g/mol. The molecule has 0 aliphatic carbocycles. The number of unbranched alkanes of at least 4 members (excludes halogenated alkanes) is 9. The van der Waals surface area contributed by atoms with Gasteiger partial charge in [-0.1, -0.05) is 159 Å². The molecule has 1 aromatic heterocycles. The third-order valence-electron chi connectivity index (χ3n) is 8.35. The topological polar surface area (TPSA) is 153 Å². The van der Waals surface area contributed by atoms with Crippen LogP contribution in [0.4, 0.5) is 4.79 Å². The smallest absolute Gasteiger partial charge is 0.410 e. The van der Waals surface area contributed by atoms with Crippen molar-refractivity contribution in [3.63, 3.8) is 0 Å². The third-order valence-corrected chi connectivity index (χ3v) is 10.1. The van der Waals surface area contributed by atoms with Crippen LogP contribution in [-0.2, 0) is 43.1 Å². The van der Waals surface area contributed by atoms with Crippen molar-refractivity contribution < 1.29 is 38.2 Å². The Bertz CT molecular complexity index is 1540. The zero-order chi connectivity index (χ0) is 38.5. The number of hydrogen-bond donors (Lipinski definition) is 2. The summed E-state index contributed by atoms with van der Waals surface area (Å²) in [5.74, 6) is -1.42. The molecule has 2 aromatic carbocycles. The first kappa shape index (κ1) is 44.7. The molecule has 0 aliphatic heterocycles. The lowest BCUT2D eigenvalue weighted by atomic mass is 10.0. The Hall–Kier alpha value is -2.70. The summed E-state index contributed by atoms with van der Waals surface area (Å²) >= 11 is 17.3. The van der Waals surface area contributed by atoms with E-state index in [1.165, 1.54) is 56.3 Å². The van der Waals surface area contributed by atoms with Gasteiger partial charge in [-0.15, -0.1) is 5.10 Å². The molecule has 2 atom stereocenters. The number of alkyl halides is 3. The van der Waals surface area contributed by atoms with Crippen LogP contribution in [0.1, 0.15) is 88.8 Å². The predicted molar refractivity (Wildman–Crippen MR) is 207 cm³/mol. The monoisotopic (exact) mass is 816 g/mol. The summed E-state index contributed by atoms with van der Waals surface area (Å²) in [5.41, 5.74) is 3.25. The number of benzene rings is 2. The minimum absolute atomic E-state index is 0.0623. The number of carboxylic acids is 1. The van der Waals surface area contributed by atoms with Gasteiger partial charge in [-0.05, 0) is 29.5 Å². The van der Waals surface area contributed by atoms with E-state index in [9.17, 15) is 24.2 Å². The van der Waals surface area contributed by atoms with Crippen molar-refractivity contribution in [2.24, 2.45) is 0 Å². The van der Waals surface area contributed by atoms with Crippen LogP contribution in [0.3, 0.4) is 0 Å². The number of ether oxygens (including phenoxy) is 2. The molecule has 0 saturated heterocycles. The quantitative estimate of drug-likeness (QED) is 0.0455. The molecule has 294 valence electrons. The van der Waals surface area contributed by atoms with Gasteiger partial charge in [0.15, 0.2) is 6.10 Å². The van der Waals surface area contributed by atoms with Crippen LogP contribution in [0, 0.1) is 0 Å². The van der Waals surface area contributed by atoms with E-state index < -0.39 is 42.3 Å². The number of aryl methyl sites for hydroxylation is 1. The van der Waals surface area contributed by atoms with Crippen molar-refractivity contribution in [3.8, 4) is 11.1 Å². The van der Waals surface area contributed by atoms with Gasteiger partial charge >= 0.3 is 19.7 Å². The van der Waals surface area contributed by atoms with Crippen molar-refractivity contribution in [2.45, 2.75) is 107 Å². The SMILES string of the molecule is CCCCCCCCCCCCn1cc(CO[C@H](CP(=O)(O)OCCCN(Cc2ccc(-c3ccccc3)cc2)C(=O)OCC(Cl)(Cl)Cl)C(=O)O)nn1. The Kier molecular flexibility index (Phi) is 20.2. The number of hydrogen-bond acceptors (Lipinski definition) is 8. The molecule has 16 heteroatoms. The molecule has 53 heavy (non-hydrogen) atoms. The fourth-order valence-corrected chi connectivity index (χ4v) is 6.88. The average Bonchev–Trinajstić information content (AvgIpc) is 3.59. The first-order chi connectivity index (χ1) is 25.3. The number of carbonyl (C=O) groups excluding carboxylic acids is 1. The van der Waals surface area contributed by atoms with Crippen LogP contribution in [0.5, 0.6) is 0 Å². The zero-order valence-corrected chi connectivity index (χ0v) is 33.5. The van der Waals surface area contributed by atoms with Crippen molar-refractivity contribution >= 4 is 54.5 Å². The highest BCUT2D eigenvalue weighted by atomic mass is 35.6. The van der Waals surface area contributed by atoms with Crippen LogP contribution in [-0.4, -0.2) is 77.8 Å². The molecule has 0 radical (unpaired) electrons. The van der Waals surface area contributed by atoms with Crippen LogP contribution in [0.15, 0.2) is 60.8 Å². The van der Waals surface area contributed by atoms with Crippen LogP contribution >= 0.6 is 42.4 Å². The van der Waals surface area contributed by atoms with Crippen molar-refractivity contribution in [2.75, 3.05) is 25.9 Å². The molecule has 2 N–H and O–H groups in total. The number of rotatable bonds is 26. The van der Waals surface area contributed by atoms with Gasteiger partial charge in [-0.3, -0.25) is 9.25 Å². The van der Waals surface area contributed by atoms with E-state index in [4.69, 9.17) is 48.8 Å². The first-order valence-electron chi connectivity index (χ1n) is 18.2. The molecule has 0 bridgehead atoms. The maximum atomic E-state index is 12.9. The van der Waals surface area contributed by atoms with Gasteiger partial charge in [0.2, 0.25) is 3.79 Å². The van der Waals surface area contributed by atoms with Crippen molar-refractivity contribution in [3.05, 3.63) is 72.1 Å².